The molecule has 2 aromatic heterocycles. The number of anilines is 1. The number of nitrogens with one attached hydrogen (secondary N) is 1. The highest BCUT2D eigenvalue weighted by Gasteiger charge is 2.12. The van der Waals surface area contributed by atoms with Gasteiger partial charge in [-0.05, 0) is 36.4 Å². The van der Waals surface area contributed by atoms with E-state index in [1.54, 1.807) is 48.8 Å². The Bertz CT molecular complexity index is 756. The van der Waals surface area contributed by atoms with Crippen molar-refractivity contribution in [2.45, 2.75) is 0 Å². The van der Waals surface area contributed by atoms with Gasteiger partial charge in [0, 0.05) is 28.0 Å². The van der Waals surface area contributed by atoms with Gasteiger partial charge in [0.15, 0.2) is 0 Å². The maximum Gasteiger partial charge on any atom is 0.322 e. The average molecular weight is 345 g/mol. The number of carbonyl (C=O) groups is 1. The summed E-state index contributed by atoms with van der Waals surface area (Å²) in [6.45, 7) is 0. The van der Waals surface area contributed by atoms with Gasteiger partial charge in [-0.15, -0.1) is 5.10 Å². The summed E-state index contributed by atoms with van der Waals surface area (Å²) in [4.78, 5) is 15.9. The first-order valence-electron chi connectivity index (χ1n) is 6.03. The van der Waals surface area contributed by atoms with E-state index in [-0.39, 0.29) is 11.9 Å². The fourth-order valence-corrected chi connectivity index (χ4v) is 1.92. The summed E-state index contributed by atoms with van der Waals surface area (Å²) in [5.41, 5.74) is 1.24. The van der Waals surface area contributed by atoms with Crippen LogP contribution in [0.25, 0.3) is 11.5 Å². The number of benzene rings is 1. The van der Waals surface area contributed by atoms with Crippen molar-refractivity contribution in [2.24, 2.45) is 0 Å². The van der Waals surface area contributed by atoms with Crippen LogP contribution in [0, 0.1) is 0 Å². The highest BCUT2D eigenvalue weighted by atomic mass is 79.9. The van der Waals surface area contributed by atoms with Crippen molar-refractivity contribution in [1.82, 2.24) is 15.2 Å². The number of aromatic nitrogens is 3. The fourth-order valence-electron chi connectivity index (χ4n) is 1.66. The molecule has 0 atom stereocenters. The zero-order valence-electron chi connectivity index (χ0n) is 10.7. The molecule has 3 rings (SSSR count). The standard InChI is InChI=1S/C14H9BrN4O2/c15-11-3-1-9(2-4-11)12(20)17-14-19-18-13(21-14)10-5-7-16-8-6-10/h1-8H,(H,17,19,20). The number of amides is 1. The highest BCUT2D eigenvalue weighted by Crippen LogP contribution is 2.19. The molecular weight excluding hydrogens is 336 g/mol. The molecule has 0 unspecified atom stereocenters. The Hall–Kier alpha value is -2.54. The summed E-state index contributed by atoms with van der Waals surface area (Å²) < 4.78 is 6.29. The van der Waals surface area contributed by atoms with Crippen LogP contribution in [-0.4, -0.2) is 21.1 Å². The molecule has 0 spiro atoms. The smallest absolute Gasteiger partial charge is 0.322 e. The van der Waals surface area contributed by atoms with Gasteiger partial charge in [-0.1, -0.05) is 21.0 Å². The van der Waals surface area contributed by atoms with E-state index in [0.29, 0.717) is 11.5 Å². The lowest BCUT2D eigenvalue weighted by molar-refractivity contribution is 0.102. The van der Waals surface area contributed by atoms with Crippen molar-refractivity contribution in [3.8, 4) is 11.5 Å². The third-order valence-electron chi connectivity index (χ3n) is 2.68. The summed E-state index contributed by atoms with van der Waals surface area (Å²) in [5, 5.41) is 10.2. The first-order valence-corrected chi connectivity index (χ1v) is 6.82. The lowest BCUT2D eigenvalue weighted by Gasteiger charge is -2.00. The van der Waals surface area contributed by atoms with E-state index in [0.717, 1.165) is 10.0 Å². The molecule has 0 fully saturated rings. The van der Waals surface area contributed by atoms with Gasteiger partial charge in [0.1, 0.15) is 0 Å². The molecule has 6 nitrogen and oxygen atoms in total. The molecule has 0 saturated carbocycles. The molecule has 0 aliphatic carbocycles. The molecule has 7 heteroatoms. The van der Waals surface area contributed by atoms with Crippen molar-refractivity contribution < 1.29 is 9.21 Å². The van der Waals surface area contributed by atoms with E-state index >= 15 is 0 Å². The maximum absolute atomic E-state index is 12.0. The molecule has 0 bridgehead atoms. The van der Waals surface area contributed by atoms with Gasteiger partial charge in [-0.2, -0.15) is 0 Å². The minimum atomic E-state index is -0.313. The van der Waals surface area contributed by atoms with E-state index in [1.807, 2.05) is 0 Å². The van der Waals surface area contributed by atoms with Gasteiger partial charge < -0.3 is 4.42 Å². The summed E-state index contributed by atoms with van der Waals surface area (Å²) in [5.74, 6) is 0.0101. The molecular formula is C14H9BrN4O2. The zero-order chi connectivity index (χ0) is 14.7. The Balaban J connectivity index is 1.75. The number of pyridine rings is 1. The van der Waals surface area contributed by atoms with Crippen LogP contribution in [0.4, 0.5) is 6.01 Å². The van der Waals surface area contributed by atoms with E-state index < -0.39 is 0 Å². The Labute approximate surface area is 128 Å². The highest BCUT2D eigenvalue weighted by molar-refractivity contribution is 9.10. The molecule has 0 aliphatic heterocycles. The average Bonchev–Trinajstić information content (AvgIpc) is 2.97. The van der Waals surface area contributed by atoms with E-state index in [1.165, 1.54) is 0 Å². The minimum Gasteiger partial charge on any atom is -0.403 e. The van der Waals surface area contributed by atoms with E-state index in [4.69, 9.17) is 4.42 Å². The number of hydrogen-bond donors (Lipinski definition) is 1. The van der Waals surface area contributed by atoms with Crippen molar-refractivity contribution >= 4 is 27.9 Å². The van der Waals surface area contributed by atoms with Crippen molar-refractivity contribution in [2.75, 3.05) is 5.32 Å². The molecule has 21 heavy (non-hydrogen) atoms. The minimum absolute atomic E-state index is 0.0507. The lowest BCUT2D eigenvalue weighted by atomic mass is 10.2. The SMILES string of the molecule is O=C(Nc1nnc(-c2ccncc2)o1)c1ccc(Br)cc1. The number of rotatable bonds is 3. The van der Waals surface area contributed by atoms with Gasteiger partial charge in [-0.3, -0.25) is 15.1 Å². The molecule has 0 aliphatic rings. The Morgan fingerprint density at radius 1 is 1.05 bits per heavy atom. The topological polar surface area (TPSA) is 80.9 Å². The second-order valence-electron chi connectivity index (χ2n) is 4.11. The zero-order valence-corrected chi connectivity index (χ0v) is 12.2. The summed E-state index contributed by atoms with van der Waals surface area (Å²) in [6, 6.07) is 10.5. The Morgan fingerprint density at radius 3 is 2.48 bits per heavy atom. The van der Waals surface area contributed by atoms with Crippen LogP contribution in [0.3, 0.4) is 0 Å². The molecule has 0 radical (unpaired) electrons. The number of nitrogens with zero attached hydrogens (tertiary/aromatic N) is 3. The predicted molar refractivity (Wildman–Crippen MR) is 79.6 cm³/mol. The van der Waals surface area contributed by atoms with E-state index in [2.05, 4.69) is 36.4 Å². The second-order valence-corrected chi connectivity index (χ2v) is 5.02. The van der Waals surface area contributed by atoms with Crippen LogP contribution in [0.15, 0.2) is 57.7 Å². The predicted octanol–water partition coefficient (Wildman–Crippen LogP) is 3.15. The van der Waals surface area contributed by atoms with Crippen LogP contribution in [0.5, 0.6) is 0 Å². The fraction of sp³-hybridized carbons (Fsp3) is 0. The summed E-state index contributed by atoms with van der Waals surface area (Å²) >= 11 is 3.31. The van der Waals surface area contributed by atoms with Gasteiger partial charge in [0.2, 0.25) is 5.89 Å². The van der Waals surface area contributed by atoms with Gasteiger partial charge in [-0.25, -0.2) is 0 Å². The molecule has 1 amide bonds. The van der Waals surface area contributed by atoms with Crippen LogP contribution in [-0.2, 0) is 0 Å². The van der Waals surface area contributed by atoms with Gasteiger partial charge in [0.05, 0.1) is 0 Å². The van der Waals surface area contributed by atoms with Crippen molar-refractivity contribution in [1.29, 1.82) is 0 Å². The molecule has 1 aromatic carbocycles. The molecule has 3 aromatic rings. The summed E-state index contributed by atoms with van der Waals surface area (Å²) in [7, 11) is 0. The third kappa shape index (κ3) is 3.14. The molecule has 2 heterocycles. The van der Waals surface area contributed by atoms with Gasteiger partial charge in [0.25, 0.3) is 5.91 Å². The maximum atomic E-state index is 12.0. The van der Waals surface area contributed by atoms with Crippen LogP contribution in [0.2, 0.25) is 0 Å². The quantitative estimate of drug-likeness (QED) is 0.789. The van der Waals surface area contributed by atoms with Crippen LogP contribution in [0.1, 0.15) is 10.4 Å². The van der Waals surface area contributed by atoms with Gasteiger partial charge >= 0.3 is 6.01 Å². The number of carbonyl (C=O) groups excluding carboxylic acids is 1. The first kappa shape index (κ1) is 13.4. The van der Waals surface area contributed by atoms with Crippen molar-refractivity contribution in [3.05, 3.63) is 58.8 Å². The Morgan fingerprint density at radius 2 is 1.76 bits per heavy atom. The largest absolute Gasteiger partial charge is 0.403 e. The second kappa shape index (κ2) is 5.84. The monoisotopic (exact) mass is 344 g/mol. The molecule has 104 valence electrons. The summed E-state index contributed by atoms with van der Waals surface area (Å²) in [6.07, 6.45) is 3.25. The number of halogens is 1. The van der Waals surface area contributed by atoms with Crippen LogP contribution < -0.4 is 5.32 Å². The van der Waals surface area contributed by atoms with Crippen LogP contribution >= 0.6 is 15.9 Å². The molecule has 1 N–H and O–H groups in total. The third-order valence-corrected chi connectivity index (χ3v) is 3.21. The first-order chi connectivity index (χ1) is 10.2. The number of hydrogen-bond acceptors (Lipinski definition) is 5. The normalized spacial score (nSPS) is 10.3. The lowest BCUT2D eigenvalue weighted by Crippen LogP contribution is -2.11. The Kier molecular flexibility index (Phi) is 3.74. The van der Waals surface area contributed by atoms with Crippen molar-refractivity contribution in [3.63, 3.8) is 0 Å². The van der Waals surface area contributed by atoms with E-state index in [9.17, 15) is 4.79 Å². The molecule has 0 saturated heterocycles.